The lowest BCUT2D eigenvalue weighted by Crippen LogP contribution is -2.48. The van der Waals surface area contributed by atoms with Crippen LogP contribution in [0.1, 0.15) is 50.4 Å². The Morgan fingerprint density at radius 1 is 1.50 bits per heavy atom. The third kappa shape index (κ3) is 3.51. The van der Waals surface area contributed by atoms with Crippen molar-refractivity contribution in [3.63, 3.8) is 0 Å². The summed E-state index contributed by atoms with van der Waals surface area (Å²) < 4.78 is 6.75. The summed E-state index contributed by atoms with van der Waals surface area (Å²) in [6.45, 7) is 4.96. The zero-order valence-corrected chi connectivity index (χ0v) is 14.2. The zero-order valence-electron chi connectivity index (χ0n) is 14.2. The van der Waals surface area contributed by atoms with Crippen molar-refractivity contribution in [2.45, 2.75) is 51.2 Å². The molecule has 0 spiro atoms. The number of aryl methyl sites for hydroxylation is 1. The van der Waals surface area contributed by atoms with Gasteiger partial charge in [-0.1, -0.05) is 5.21 Å². The molecule has 1 saturated heterocycles. The van der Waals surface area contributed by atoms with E-state index >= 15 is 0 Å². The first-order chi connectivity index (χ1) is 11.5. The number of furan rings is 1. The summed E-state index contributed by atoms with van der Waals surface area (Å²) in [6, 6.07) is 2.05. The molecule has 0 radical (unpaired) electrons. The molecule has 2 aromatic rings. The Balaban J connectivity index is 1.65. The van der Waals surface area contributed by atoms with Crippen molar-refractivity contribution in [2.75, 3.05) is 13.1 Å². The van der Waals surface area contributed by atoms with Crippen LogP contribution < -0.4 is 0 Å². The molecule has 0 unspecified atom stereocenters. The third-order valence-corrected chi connectivity index (χ3v) is 4.55. The summed E-state index contributed by atoms with van der Waals surface area (Å²) in [4.78, 5) is 14.2. The molecule has 3 heterocycles. The number of piperidine rings is 1. The number of aliphatic hydroxyl groups is 1. The van der Waals surface area contributed by atoms with Gasteiger partial charge >= 0.3 is 0 Å². The second-order valence-electron chi connectivity index (χ2n) is 6.76. The van der Waals surface area contributed by atoms with Crippen LogP contribution in [0.15, 0.2) is 29.2 Å². The first kappa shape index (κ1) is 16.7. The van der Waals surface area contributed by atoms with Crippen LogP contribution in [0.25, 0.3) is 0 Å². The van der Waals surface area contributed by atoms with Crippen molar-refractivity contribution < 1.29 is 14.3 Å². The Hall–Kier alpha value is -2.15. The van der Waals surface area contributed by atoms with E-state index in [0.29, 0.717) is 31.5 Å². The Bertz CT molecular complexity index is 680. The van der Waals surface area contributed by atoms with Crippen LogP contribution in [0.5, 0.6) is 0 Å². The van der Waals surface area contributed by atoms with Gasteiger partial charge in [0.05, 0.1) is 25.3 Å². The number of amides is 1. The zero-order chi connectivity index (χ0) is 17.2. The average molecular weight is 332 g/mol. The van der Waals surface area contributed by atoms with Gasteiger partial charge in [-0.25, -0.2) is 4.68 Å². The van der Waals surface area contributed by atoms with Crippen LogP contribution in [-0.2, 0) is 16.8 Å². The van der Waals surface area contributed by atoms with Crippen LogP contribution in [-0.4, -0.2) is 44.0 Å². The topological polar surface area (TPSA) is 84.4 Å². The van der Waals surface area contributed by atoms with Crippen molar-refractivity contribution in [1.82, 2.24) is 19.9 Å². The van der Waals surface area contributed by atoms with E-state index in [1.165, 1.54) is 0 Å². The maximum Gasteiger partial charge on any atom is 0.223 e. The summed E-state index contributed by atoms with van der Waals surface area (Å²) in [7, 11) is 0. The quantitative estimate of drug-likeness (QED) is 0.904. The Morgan fingerprint density at radius 2 is 2.33 bits per heavy atom. The lowest BCUT2D eigenvalue weighted by molar-refractivity contribution is -0.139. The highest BCUT2D eigenvalue weighted by Gasteiger charge is 2.39. The maximum absolute atomic E-state index is 12.5. The molecule has 2 aromatic heterocycles. The standard InChI is InChI=1S/C17H24N4O3/c1-13(2)21-10-15(18-19-21)17(23)7-3-8-20(12-17)16(22)5-4-14-6-9-24-11-14/h6,9-11,13,23H,3-5,7-8,12H2,1-2H3/t17-/m0/s1. The van der Waals surface area contributed by atoms with Crippen LogP contribution in [0.2, 0.25) is 0 Å². The summed E-state index contributed by atoms with van der Waals surface area (Å²) in [5.74, 6) is 0.0468. The van der Waals surface area contributed by atoms with Gasteiger partial charge in [0.2, 0.25) is 5.91 Å². The average Bonchev–Trinajstić information content (AvgIpc) is 3.24. The molecule has 1 aliphatic heterocycles. The van der Waals surface area contributed by atoms with Gasteiger partial charge in [0, 0.05) is 19.0 Å². The van der Waals surface area contributed by atoms with Crippen molar-refractivity contribution in [1.29, 1.82) is 0 Å². The normalized spacial score (nSPS) is 21.4. The summed E-state index contributed by atoms with van der Waals surface area (Å²) in [5, 5.41) is 19.2. The van der Waals surface area contributed by atoms with E-state index in [-0.39, 0.29) is 18.5 Å². The first-order valence-corrected chi connectivity index (χ1v) is 8.41. The van der Waals surface area contributed by atoms with Gasteiger partial charge in [-0.2, -0.15) is 0 Å². The van der Waals surface area contributed by atoms with Gasteiger partial charge in [-0.3, -0.25) is 4.79 Å². The fourth-order valence-corrected chi connectivity index (χ4v) is 3.04. The van der Waals surface area contributed by atoms with Gasteiger partial charge in [0.15, 0.2) is 0 Å². The van der Waals surface area contributed by atoms with E-state index in [0.717, 1.165) is 12.0 Å². The Kier molecular flexibility index (Phi) is 4.71. The van der Waals surface area contributed by atoms with Gasteiger partial charge < -0.3 is 14.4 Å². The predicted octanol–water partition coefficient (Wildman–Crippen LogP) is 1.89. The van der Waals surface area contributed by atoms with E-state index in [1.54, 1.807) is 28.3 Å². The minimum atomic E-state index is -1.11. The number of hydrogen-bond donors (Lipinski definition) is 1. The highest BCUT2D eigenvalue weighted by atomic mass is 16.3. The second kappa shape index (κ2) is 6.76. The molecule has 1 amide bonds. The molecule has 130 valence electrons. The van der Waals surface area contributed by atoms with Gasteiger partial charge in [-0.05, 0) is 44.7 Å². The highest BCUT2D eigenvalue weighted by Crippen LogP contribution is 2.30. The van der Waals surface area contributed by atoms with Crippen molar-refractivity contribution in [3.05, 3.63) is 36.0 Å². The molecule has 1 aliphatic rings. The van der Waals surface area contributed by atoms with Gasteiger partial charge in [0.1, 0.15) is 11.3 Å². The number of hydrogen-bond acceptors (Lipinski definition) is 5. The molecular weight excluding hydrogens is 308 g/mol. The van der Waals surface area contributed by atoms with Gasteiger partial charge in [-0.15, -0.1) is 5.10 Å². The molecule has 0 saturated carbocycles. The fraction of sp³-hybridized carbons (Fsp3) is 0.588. The lowest BCUT2D eigenvalue weighted by atomic mass is 9.89. The maximum atomic E-state index is 12.5. The number of nitrogens with zero attached hydrogens (tertiary/aromatic N) is 4. The number of aromatic nitrogens is 3. The number of likely N-dealkylation sites (tertiary alicyclic amines) is 1. The van der Waals surface area contributed by atoms with Crippen molar-refractivity contribution >= 4 is 5.91 Å². The van der Waals surface area contributed by atoms with E-state index < -0.39 is 5.60 Å². The van der Waals surface area contributed by atoms with Crippen LogP contribution in [0, 0.1) is 0 Å². The van der Waals surface area contributed by atoms with E-state index in [2.05, 4.69) is 10.3 Å². The molecule has 3 rings (SSSR count). The molecule has 0 bridgehead atoms. The molecular formula is C17H24N4O3. The number of carbonyl (C=O) groups excluding carboxylic acids is 1. The minimum absolute atomic E-state index is 0.0468. The van der Waals surface area contributed by atoms with Gasteiger partial charge in [0.25, 0.3) is 0 Å². The van der Waals surface area contributed by atoms with Crippen LogP contribution >= 0.6 is 0 Å². The fourth-order valence-electron chi connectivity index (χ4n) is 3.04. The van der Waals surface area contributed by atoms with Crippen LogP contribution in [0.3, 0.4) is 0 Å². The molecule has 7 nitrogen and oxygen atoms in total. The highest BCUT2D eigenvalue weighted by molar-refractivity contribution is 5.76. The number of carbonyl (C=O) groups is 1. The predicted molar refractivity (Wildman–Crippen MR) is 87.1 cm³/mol. The largest absolute Gasteiger partial charge is 0.472 e. The summed E-state index contributed by atoms with van der Waals surface area (Å²) in [6.07, 6.45) is 7.45. The second-order valence-corrected chi connectivity index (χ2v) is 6.76. The molecule has 0 aromatic carbocycles. The van der Waals surface area contributed by atoms with Crippen molar-refractivity contribution in [2.24, 2.45) is 0 Å². The third-order valence-electron chi connectivity index (χ3n) is 4.55. The van der Waals surface area contributed by atoms with E-state index in [1.807, 2.05) is 19.9 Å². The SMILES string of the molecule is CC(C)n1cc([C@]2(O)CCCN(C(=O)CCc3ccoc3)C2)nn1. The minimum Gasteiger partial charge on any atom is -0.472 e. The van der Waals surface area contributed by atoms with E-state index in [9.17, 15) is 9.90 Å². The summed E-state index contributed by atoms with van der Waals surface area (Å²) >= 11 is 0. The molecule has 7 heteroatoms. The molecule has 24 heavy (non-hydrogen) atoms. The molecule has 1 N–H and O–H groups in total. The molecule has 1 fully saturated rings. The summed E-state index contributed by atoms with van der Waals surface area (Å²) in [5.41, 5.74) is 0.440. The lowest BCUT2D eigenvalue weighted by Gasteiger charge is -2.38. The number of β-amino-alcohol motifs (C(OH)–C–C–N with tert-alkyl or cyclic N) is 1. The Morgan fingerprint density at radius 3 is 3.00 bits per heavy atom. The van der Waals surface area contributed by atoms with Crippen LogP contribution in [0.4, 0.5) is 0 Å². The first-order valence-electron chi connectivity index (χ1n) is 8.41. The smallest absolute Gasteiger partial charge is 0.223 e. The number of rotatable bonds is 5. The van der Waals surface area contributed by atoms with Crippen molar-refractivity contribution in [3.8, 4) is 0 Å². The Labute approximate surface area is 141 Å². The van der Waals surface area contributed by atoms with E-state index in [4.69, 9.17) is 4.42 Å². The molecule has 0 aliphatic carbocycles. The molecule has 1 atom stereocenters. The monoisotopic (exact) mass is 332 g/mol.